The second-order valence-electron chi connectivity index (χ2n) is 4.15. The molecule has 0 saturated carbocycles. The van der Waals surface area contributed by atoms with Crippen LogP contribution in [0, 0.1) is 6.92 Å². The van der Waals surface area contributed by atoms with Crippen molar-refractivity contribution in [1.82, 2.24) is 0 Å². The summed E-state index contributed by atoms with van der Waals surface area (Å²) in [7, 11) is 0. The third kappa shape index (κ3) is 4.05. The first-order chi connectivity index (χ1) is 7.63. The Morgan fingerprint density at radius 1 is 1.31 bits per heavy atom. The zero-order valence-electron chi connectivity index (χ0n) is 10.3. The van der Waals surface area contributed by atoms with E-state index in [0.29, 0.717) is 0 Å². The maximum absolute atomic E-state index is 11.0. The minimum atomic E-state index is -0.207. The first kappa shape index (κ1) is 12.8. The van der Waals surface area contributed by atoms with Gasteiger partial charge in [0.05, 0.1) is 0 Å². The van der Waals surface area contributed by atoms with Gasteiger partial charge in [-0.1, -0.05) is 43.2 Å². The quantitative estimate of drug-likeness (QED) is 0.706. The Morgan fingerprint density at radius 2 is 1.94 bits per heavy atom. The predicted molar refractivity (Wildman–Crippen MR) is 65.2 cm³/mol. The van der Waals surface area contributed by atoms with Gasteiger partial charge < -0.3 is 4.74 Å². The molecule has 1 unspecified atom stereocenters. The highest BCUT2D eigenvalue weighted by molar-refractivity contribution is 5.66. The van der Waals surface area contributed by atoms with E-state index in [0.717, 1.165) is 24.8 Å². The summed E-state index contributed by atoms with van der Waals surface area (Å²) in [6.45, 7) is 5.66. The van der Waals surface area contributed by atoms with Gasteiger partial charge in [-0.25, -0.2) is 0 Å². The molecule has 16 heavy (non-hydrogen) atoms. The summed E-state index contributed by atoms with van der Waals surface area (Å²) in [5.41, 5.74) is 2.31. The van der Waals surface area contributed by atoms with Crippen molar-refractivity contribution in [1.29, 1.82) is 0 Å². The topological polar surface area (TPSA) is 26.3 Å². The number of carbonyl (C=O) groups excluding carboxylic acids is 1. The monoisotopic (exact) mass is 220 g/mol. The van der Waals surface area contributed by atoms with Crippen molar-refractivity contribution in [3.8, 4) is 0 Å². The number of hydrogen-bond acceptors (Lipinski definition) is 2. The van der Waals surface area contributed by atoms with Crippen LogP contribution in [0.2, 0.25) is 0 Å². The molecule has 0 amide bonds. The molecule has 0 saturated heterocycles. The highest BCUT2D eigenvalue weighted by Gasteiger charge is 2.13. The number of aryl methyl sites for hydroxylation is 1. The number of ether oxygens (including phenoxy) is 1. The number of carbonyl (C=O) groups is 1. The van der Waals surface area contributed by atoms with Crippen molar-refractivity contribution in [2.45, 2.75) is 46.1 Å². The van der Waals surface area contributed by atoms with E-state index in [1.54, 1.807) is 0 Å². The average Bonchev–Trinajstić information content (AvgIpc) is 2.25. The minimum absolute atomic E-state index is 0.0851. The van der Waals surface area contributed by atoms with Crippen LogP contribution >= 0.6 is 0 Å². The standard InChI is InChI=1S/C14H20O2/c1-4-5-6-14(16-12(3)15)13-9-7-11(2)8-10-13/h7-10,14H,4-6H2,1-3H3. The molecule has 1 rings (SSSR count). The highest BCUT2D eigenvalue weighted by Crippen LogP contribution is 2.24. The van der Waals surface area contributed by atoms with Crippen LogP contribution in [0.25, 0.3) is 0 Å². The summed E-state index contributed by atoms with van der Waals surface area (Å²) < 4.78 is 5.34. The fourth-order valence-electron chi connectivity index (χ4n) is 1.66. The van der Waals surface area contributed by atoms with Crippen molar-refractivity contribution < 1.29 is 9.53 Å². The van der Waals surface area contributed by atoms with E-state index >= 15 is 0 Å². The minimum Gasteiger partial charge on any atom is -0.458 e. The Balaban J connectivity index is 2.74. The molecule has 88 valence electrons. The van der Waals surface area contributed by atoms with Crippen LogP contribution in [0.4, 0.5) is 0 Å². The summed E-state index contributed by atoms with van der Waals surface area (Å²) in [6, 6.07) is 8.19. The molecule has 0 fully saturated rings. The van der Waals surface area contributed by atoms with Gasteiger partial charge in [0.1, 0.15) is 6.10 Å². The summed E-state index contributed by atoms with van der Waals surface area (Å²) in [4.78, 5) is 11.0. The fraction of sp³-hybridized carbons (Fsp3) is 0.500. The molecule has 0 bridgehead atoms. The Bertz CT molecular complexity index is 327. The van der Waals surface area contributed by atoms with Gasteiger partial charge in [0.25, 0.3) is 0 Å². The number of hydrogen-bond donors (Lipinski definition) is 0. The maximum atomic E-state index is 11.0. The molecular weight excluding hydrogens is 200 g/mol. The van der Waals surface area contributed by atoms with E-state index in [1.807, 2.05) is 12.1 Å². The van der Waals surface area contributed by atoms with Crippen LogP contribution in [0.1, 0.15) is 50.3 Å². The molecule has 0 aliphatic carbocycles. The first-order valence-corrected chi connectivity index (χ1v) is 5.87. The molecule has 0 radical (unpaired) electrons. The maximum Gasteiger partial charge on any atom is 0.303 e. The van der Waals surface area contributed by atoms with E-state index < -0.39 is 0 Å². The number of unbranched alkanes of at least 4 members (excludes halogenated alkanes) is 1. The molecule has 0 heterocycles. The summed E-state index contributed by atoms with van der Waals surface area (Å²) in [6.07, 6.45) is 3.01. The Morgan fingerprint density at radius 3 is 2.44 bits per heavy atom. The summed E-state index contributed by atoms with van der Waals surface area (Å²) in [5, 5.41) is 0. The van der Waals surface area contributed by atoms with Gasteiger partial charge in [0.15, 0.2) is 0 Å². The summed E-state index contributed by atoms with van der Waals surface area (Å²) in [5.74, 6) is -0.207. The lowest BCUT2D eigenvalue weighted by molar-refractivity contribution is -0.147. The van der Waals surface area contributed by atoms with Gasteiger partial charge in [-0.2, -0.15) is 0 Å². The van der Waals surface area contributed by atoms with Crippen LogP contribution in [0.5, 0.6) is 0 Å². The predicted octanol–water partition coefficient (Wildman–Crippen LogP) is 3.79. The average molecular weight is 220 g/mol. The van der Waals surface area contributed by atoms with Gasteiger partial charge in [0, 0.05) is 6.92 Å². The molecule has 1 atom stereocenters. The molecule has 0 aliphatic heterocycles. The van der Waals surface area contributed by atoms with Gasteiger partial charge in [-0.3, -0.25) is 4.79 Å². The molecule has 1 aromatic rings. The molecule has 0 aromatic heterocycles. The molecule has 0 aliphatic rings. The summed E-state index contributed by atoms with van der Waals surface area (Å²) >= 11 is 0. The lowest BCUT2D eigenvalue weighted by atomic mass is 10.0. The normalized spacial score (nSPS) is 12.2. The van der Waals surface area contributed by atoms with E-state index in [4.69, 9.17) is 4.74 Å². The van der Waals surface area contributed by atoms with Crippen LogP contribution in [-0.2, 0) is 9.53 Å². The Kier molecular flexibility index (Phi) is 5.03. The van der Waals surface area contributed by atoms with Crippen LogP contribution in [0.3, 0.4) is 0 Å². The van der Waals surface area contributed by atoms with Crippen LogP contribution in [-0.4, -0.2) is 5.97 Å². The van der Waals surface area contributed by atoms with Gasteiger partial charge in [-0.15, -0.1) is 0 Å². The van der Waals surface area contributed by atoms with Crippen molar-refractivity contribution >= 4 is 5.97 Å². The molecule has 0 N–H and O–H groups in total. The zero-order chi connectivity index (χ0) is 12.0. The second-order valence-corrected chi connectivity index (χ2v) is 4.15. The van der Waals surface area contributed by atoms with Crippen molar-refractivity contribution in [3.05, 3.63) is 35.4 Å². The number of esters is 1. The van der Waals surface area contributed by atoms with Gasteiger partial charge in [0.2, 0.25) is 0 Å². The second kappa shape index (κ2) is 6.31. The number of rotatable bonds is 5. The van der Waals surface area contributed by atoms with E-state index in [1.165, 1.54) is 12.5 Å². The van der Waals surface area contributed by atoms with E-state index in [9.17, 15) is 4.79 Å². The SMILES string of the molecule is CCCCC(OC(C)=O)c1ccc(C)cc1. The zero-order valence-corrected chi connectivity index (χ0v) is 10.3. The van der Waals surface area contributed by atoms with Gasteiger partial charge in [-0.05, 0) is 25.3 Å². The van der Waals surface area contributed by atoms with Gasteiger partial charge >= 0.3 is 5.97 Å². The smallest absolute Gasteiger partial charge is 0.303 e. The molecular formula is C14H20O2. The van der Waals surface area contributed by atoms with Crippen molar-refractivity contribution in [3.63, 3.8) is 0 Å². The third-order valence-corrected chi connectivity index (χ3v) is 2.58. The highest BCUT2D eigenvalue weighted by atomic mass is 16.5. The Labute approximate surface area is 97.6 Å². The third-order valence-electron chi connectivity index (χ3n) is 2.58. The lowest BCUT2D eigenvalue weighted by Gasteiger charge is -2.17. The first-order valence-electron chi connectivity index (χ1n) is 5.87. The molecule has 2 heteroatoms. The van der Waals surface area contributed by atoms with Crippen molar-refractivity contribution in [2.24, 2.45) is 0 Å². The molecule has 0 spiro atoms. The number of benzene rings is 1. The van der Waals surface area contributed by atoms with Crippen LogP contribution < -0.4 is 0 Å². The van der Waals surface area contributed by atoms with E-state index in [-0.39, 0.29) is 12.1 Å². The fourth-order valence-corrected chi connectivity index (χ4v) is 1.66. The lowest BCUT2D eigenvalue weighted by Crippen LogP contribution is -2.08. The Hall–Kier alpha value is -1.31. The van der Waals surface area contributed by atoms with Crippen molar-refractivity contribution in [2.75, 3.05) is 0 Å². The largest absolute Gasteiger partial charge is 0.458 e. The van der Waals surface area contributed by atoms with Crippen LogP contribution in [0.15, 0.2) is 24.3 Å². The molecule has 1 aromatic carbocycles. The van der Waals surface area contributed by atoms with E-state index in [2.05, 4.69) is 26.0 Å². The molecule has 2 nitrogen and oxygen atoms in total.